The van der Waals surface area contributed by atoms with Crippen molar-refractivity contribution in [3.8, 4) is 17.2 Å². The summed E-state index contributed by atoms with van der Waals surface area (Å²) in [6, 6.07) is 19.5. The molecule has 0 atom stereocenters. The van der Waals surface area contributed by atoms with E-state index in [9.17, 15) is 9.18 Å². The molecule has 0 radical (unpaired) electrons. The highest BCUT2D eigenvalue weighted by Crippen LogP contribution is 2.27. The molecular weight excluding hydrogens is 393 g/mol. The molecule has 6 heteroatoms. The van der Waals surface area contributed by atoms with Gasteiger partial charge in [-0.15, -0.1) is 0 Å². The summed E-state index contributed by atoms with van der Waals surface area (Å²) in [5, 5.41) is 11.8. The van der Waals surface area contributed by atoms with E-state index >= 15 is 0 Å². The second kappa shape index (κ2) is 8.99. The van der Waals surface area contributed by atoms with E-state index in [2.05, 4.69) is 11.4 Å². The minimum Gasteiger partial charge on any atom is -0.378 e. The van der Waals surface area contributed by atoms with Crippen molar-refractivity contribution in [1.82, 2.24) is 0 Å². The molecular formula is C25H22FN3O2. The lowest BCUT2D eigenvalue weighted by Gasteiger charge is -2.29. The molecule has 3 aromatic carbocycles. The van der Waals surface area contributed by atoms with E-state index in [1.165, 1.54) is 6.07 Å². The molecule has 3 aromatic rings. The SMILES string of the molecule is Cc1ccc(C(=O)Nc2ccc(N3CCOCC3)c(F)c2)cc1-c1ccc(C#N)cc1. The van der Waals surface area contributed by atoms with E-state index in [1.54, 1.807) is 30.3 Å². The molecule has 0 spiro atoms. The second-order valence-corrected chi connectivity index (χ2v) is 7.44. The number of ether oxygens (including phenoxy) is 1. The maximum atomic E-state index is 14.6. The van der Waals surface area contributed by atoms with Crippen molar-refractivity contribution in [1.29, 1.82) is 5.26 Å². The zero-order chi connectivity index (χ0) is 21.8. The van der Waals surface area contributed by atoms with Gasteiger partial charge < -0.3 is 15.0 Å². The molecule has 0 aliphatic carbocycles. The third-order valence-corrected chi connectivity index (χ3v) is 5.38. The summed E-state index contributed by atoms with van der Waals surface area (Å²) in [4.78, 5) is 14.7. The smallest absolute Gasteiger partial charge is 0.255 e. The number of hydrogen-bond donors (Lipinski definition) is 1. The molecule has 1 saturated heterocycles. The number of carbonyl (C=O) groups is 1. The molecule has 1 heterocycles. The average Bonchev–Trinajstić information content (AvgIpc) is 2.80. The van der Waals surface area contributed by atoms with Crippen LogP contribution in [0, 0.1) is 24.1 Å². The van der Waals surface area contributed by atoms with E-state index < -0.39 is 0 Å². The fraction of sp³-hybridized carbons (Fsp3) is 0.200. The summed E-state index contributed by atoms with van der Waals surface area (Å²) in [7, 11) is 0. The first-order valence-corrected chi connectivity index (χ1v) is 10.1. The van der Waals surface area contributed by atoms with Gasteiger partial charge in [0.2, 0.25) is 0 Å². The Morgan fingerprint density at radius 1 is 1.06 bits per heavy atom. The predicted molar refractivity (Wildman–Crippen MR) is 119 cm³/mol. The van der Waals surface area contributed by atoms with Gasteiger partial charge in [-0.05, 0) is 66.1 Å². The van der Waals surface area contributed by atoms with Crippen molar-refractivity contribution in [2.45, 2.75) is 6.92 Å². The summed E-state index contributed by atoms with van der Waals surface area (Å²) in [6.45, 7) is 4.41. The summed E-state index contributed by atoms with van der Waals surface area (Å²) >= 11 is 0. The van der Waals surface area contributed by atoms with Crippen LogP contribution in [-0.2, 0) is 4.74 Å². The molecule has 0 unspecified atom stereocenters. The van der Waals surface area contributed by atoms with Crippen LogP contribution in [0.1, 0.15) is 21.5 Å². The molecule has 1 amide bonds. The van der Waals surface area contributed by atoms with Gasteiger partial charge in [0.25, 0.3) is 5.91 Å². The number of morpholine rings is 1. The zero-order valence-corrected chi connectivity index (χ0v) is 17.2. The van der Waals surface area contributed by atoms with Crippen LogP contribution in [0.3, 0.4) is 0 Å². The van der Waals surface area contributed by atoms with Crippen molar-refractivity contribution in [3.63, 3.8) is 0 Å². The lowest BCUT2D eigenvalue weighted by molar-refractivity contribution is 0.102. The molecule has 1 fully saturated rings. The first kappa shape index (κ1) is 20.6. The number of hydrogen-bond acceptors (Lipinski definition) is 4. The Kier molecular flexibility index (Phi) is 5.96. The average molecular weight is 415 g/mol. The number of carbonyl (C=O) groups excluding carboxylic acids is 1. The Morgan fingerprint density at radius 2 is 1.81 bits per heavy atom. The van der Waals surface area contributed by atoms with Crippen molar-refractivity contribution in [3.05, 3.63) is 83.2 Å². The Hall–Kier alpha value is -3.69. The van der Waals surface area contributed by atoms with Crippen molar-refractivity contribution < 1.29 is 13.9 Å². The van der Waals surface area contributed by atoms with Crippen molar-refractivity contribution >= 4 is 17.3 Å². The lowest BCUT2D eigenvalue weighted by atomic mass is 9.97. The van der Waals surface area contributed by atoms with Crippen LogP contribution in [0.5, 0.6) is 0 Å². The van der Waals surface area contributed by atoms with Crippen LogP contribution in [0.4, 0.5) is 15.8 Å². The van der Waals surface area contributed by atoms with Gasteiger partial charge in [-0.25, -0.2) is 4.39 Å². The molecule has 1 N–H and O–H groups in total. The number of nitrogens with one attached hydrogen (secondary N) is 1. The molecule has 5 nitrogen and oxygen atoms in total. The number of nitriles is 1. The predicted octanol–water partition coefficient (Wildman–Crippen LogP) is 4.76. The highest BCUT2D eigenvalue weighted by Gasteiger charge is 2.16. The number of anilines is 2. The minimum atomic E-state index is -0.373. The number of halogens is 1. The fourth-order valence-corrected chi connectivity index (χ4v) is 3.65. The Morgan fingerprint density at radius 3 is 2.48 bits per heavy atom. The van der Waals surface area contributed by atoms with E-state index in [1.807, 2.05) is 36.1 Å². The molecule has 156 valence electrons. The molecule has 4 rings (SSSR count). The maximum Gasteiger partial charge on any atom is 0.255 e. The molecule has 0 aromatic heterocycles. The van der Waals surface area contributed by atoms with Crippen LogP contribution < -0.4 is 10.2 Å². The summed E-state index contributed by atoms with van der Waals surface area (Å²) in [5.74, 6) is -0.685. The largest absolute Gasteiger partial charge is 0.378 e. The first-order chi connectivity index (χ1) is 15.0. The maximum absolute atomic E-state index is 14.6. The monoisotopic (exact) mass is 415 g/mol. The van der Waals surface area contributed by atoms with Crippen LogP contribution in [0.15, 0.2) is 60.7 Å². The van der Waals surface area contributed by atoms with E-state index in [-0.39, 0.29) is 11.7 Å². The van der Waals surface area contributed by atoms with Crippen molar-refractivity contribution in [2.24, 2.45) is 0 Å². The van der Waals surface area contributed by atoms with Crippen molar-refractivity contribution in [2.75, 3.05) is 36.5 Å². The van der Waals surface area contributed by atoms with Gasteiger partial charge in [-0.1, -0.05) is 18.2 Å². The number of aryl methyl sites for hydroxylation is 1. The van der Waals surface area contributed by atoms with Gasteiger partial charge in [0.1, 0.15) is 5.82 Å². The number of benzene rings is 3. The van der Waals surface area contributed by atoms with E-state index in [0.717, 1.165) is 16.7 Å². The number of rotatable bonds is 4. The van der Waals surface area contributed by atoms with E-state index in [0.29, 0.717) is 48.8 Å². The highest BCUT2D eigenvalue weighted by atomic mass is 19.1. The topological polar surface area (TPSA) is 65.4 Å². The van der Waals surface area contributed by atoms with Gasteiger partial charge in [-0.3, -0.25) is 4.79 Å². The zero-order valence-electron chi connectivity index (χ0n) is 17.2. The fourth-order valence-electron chi connectivity index (χ4n) is 3.65. The quantitative estimate of drug-likeness (QED) is 0.667. The Labute approximate surface area is 180 Å². The summed E-state index contributed by atoms with van der Waals surface area (Å²) in [5.41, 5.74) is 4.82. The standard InChI is InChI=1S/C25H22FN3O2/c1-17-2-5-20(14-22(17)19-6-3-18(16-27)4-7-19)25(30)28-21-8-9-24(23(26)15-21)29-10-12-31-13-11-29/h2-9,14-15H,10-13H2,1H3,(H,28,30). The third kappa shape index (κ3) is 4.57. The van der Waals surface area contributed by atoms with Gasteiger partial charge >= 0.3 is 0 Å². The van der Waals surface area contributed by atoms with E-state index in [4.69, 9.17) is 10.00 Å². The molecule has 0 saturated carbocycles. The van der Waals surface area contributed by atoms with Crippen LogP contribution in [0.25, 0.3) is 11.1 Å². The molecule has 1 aliphatic heterocycles. The van der Waals surface area contributed by atoms with Gasteiger partial charge in [-0.2, -0.15) is 5.26 Å². The van der Waals surface area contributed by atoms with Crippen LogP contribution in [0.2, 0.25) is 0 Å². The third-order valence-electron chi connectivity index (χ3n) is 5.38. The summed E-state index contributed by atoms with van der Waals surface area (Å²) < 4.78 is 19.9. The normalized spacial score (nSPS) is 13.5. The lowest BCUT2D eigenvalue weighted by Crippen LogP contribution is -2.36. The summed E-state index contributed by atoms with van der Waals surface area (Å²) in [6.07, 6.45) is 0. The Balaban J connectivity index is 1.53. The molecule has 0 bridgehead atoms. The minimum absolute atomic E-state index is 0.312. The van der Waals surface area contributed by atoms with Gasteiger partial charge in [0, 0.05) is 24.3 Å². The van der Waals surface area contributed by atoms with Crippen LogP contribution >= 0.6 is 0 Å². The molecule has 1 aliphatic rings. The first-order valence-electron chi connectivity index (χ1n) is 10.1. The number of nitrogens with zero attached hydrogens (tertiary/aromatic N) is 2. The molecule has 31 heavy (non-hydrogen) atoms. The van der Waals surface area contributed by atoms with Gasteiger partial charge in [0.05, 0.1) is 30.5 Å². The highest BCUT2D eigenvalue weighted by molar-refractivity contribution is 6.05. The second-order valence-electron chi connectivity index (χ2n) is 7.44. The number of amides is 1. The van der Waals surface area contributed by atoms with Crippen LogP contribution in [-0.4, -0.2) is 32.2 Å². The Bertz CT molecular complexity index is 1150. The van der Waals surface area contributed by atoms with Gasteiger partial charge in [0.15, 0.2) is 0 Å².